The summed E-state index contributed by atoms with van der Waals surface area (Å²) in [6, 6.07) is 20.2. The first-order valence-electron chi connectivity index (χ1n) is 23.7. The molecule has 3 saturated heterocycles. The van der Waals surface area contributed by atoms with Crippen molar-refractivity contribution in [3.8, 4) is 0 Å². The normalized spacial score (nSPS) is 23.8. The highest BCUT2D eigenvalue weighted by Crippen LogP contribution is 2.39. The Morgan fingerprint density at radius 3 is 2.13 bits per heavy atom. The molecule has 1 aromatic heterocycles. The van der Waals surface area contributed by atoms with Gasteiger partial charge in [0, 0.05) is 45.4 Å². The number of imide groups is 1. The number of amides is 7. The summed E-state index contributed by atoms with van der Waals surface area (Å²) in [5, 5.41) is 8.27. The van der Waals surface area contributed by atoms with Gasteiger partial charge in [0.05, 0.1) is 17.1 Å². The van der Waals surface area contributed by atoms with Crippen LogP contribution in [0.3, 0.4) is 0 Å². The van der Waals surface area contributed by atoms with E-state index in [9.17, 15) is 38.4 Å². The van der Waals surface area contributed by atoms with E-state index in [0.717, 1.165) is 47.9 Å². The van der Waals surface area contributed by atoms with Crippen molar-refractivity contribution < 1.29 is 33.6 Å². The van der Waals surface area contributed by atoms with Gasteiger partial charge in [-0.05, 0) is 105 Å². The van der Waals surface area contributed by atoms with Gasteiger partial charge in [-0.3, -0.25) is 48.0 Å². The summed E-state index contributed by atoms with van der Waals surface area (Å²) in [4.78, 5) is 109. The third-order valence-electron chi connectivity index (χ3n) is 14.5. The van der Waals surface area contributed by atoms with Crippen molar-refractivity contribution in [1.29, 1.82) is 0 Å². The average Bonchev–Trinajstić information content (AvgIpc) is 3.86. The third kappa shape index (κ3) is 10.4. The predicted octanol–water partition coefficient (Wildman–Crippen LogP) is 2.95. The number of imidazole rings is 1. The number of aromatic nitrogens is 2. The molecule has 3 aromatic carbocycles. The molecule has 0 radical (unpaired) electrons. The van der Waals surface area contributed by atoms with Gasteiger partial charge < -0.3 is 31.9 Å². The van der Waals surface area contributed by atoms with Crippen molar-refractivity contribution in [2.45, 2.75) is 126 Å². The quantitative estimate of drug-likeness (QED) is 0.117. The van der Waals surface area contributed by atoms with Crippen molar-refractivity contribution in [2.24, 2.45) is 24.4 Å². The largest absolute Gasteiger partial charge is 0.370 e. The maximum absolute atomic E-state index is 14.1. The van der Waals surface area contributed by atoms with Crippen LogP contribution in [-0.2, 0) is 40.6 Å². The molecule has 67 heavy (non-hydrogen) atoms. The van der Waals surface area contributed by atoms with Crippen molar-refractivity contribution in [3.63, 3.8) is 0 Å². The zero-order valence-corrected chi connectivity index (χ0v) is 37.9. The number of nitrogens with zero attached hydrogens (tertiary/aromatic N) is 4. The maximum atomic E-state index is 14.1. The van der Waals surface area contributed by atoms with Gasteiger partial charge in [0.1, 0.15) is 24.2 Å². The Balaban J connectivity index is 0.845. The Bertz CT molecular complexity index is 2530. The molecule has 0 spiro atoms. The van der Waals surface area contributed by atoms with Gasteiger partial charge in [-0.1, -0.05) is 66.7 Å². The Kier molecular flexibility index (Phi) is 14.3. The van der Waals surface area contributed by atoms with Gasteiger partial charge in [-0.25, -0.2) is 4.79 Å². The highest BCUT2D eigenvalue weighted by molar-refractivity contribution is 6.00. The molecule has 1 saturated carbocycles. The molecule has 17 nitrogen and oxygen atoms in total. The second kappa shape index (κ2) is 20.5. The van der Waals surface area contributed by atoms with E-state index in [0.29, 0.717) is 50.1 Å². The minimum atomic E-state index is -1.11. The lowest BCUT2D eigenvalue weighted by atomic mass is 9.77. The topological polar surface area (TPSA) is 241 Å². The molecule has 1 unspecified atom stereocenters. The Hall–Kier alpha value is -6.62. The van der Waals surface area contributed by atoms with E-state index in [2.05, 4.69) is 16.0 Å². The third-order valence-corrected chi connectivity index (χ3v) is 14.5. The molecule has 4 fully saturated rings. The van der Waals surface area contributed by atoms with Crippen LogP contribution in [0.4, 0.5) is 0 Å². The number of hydrogen-bond donors (Lipinski definition) is 5. The average molecular weight is 916 g/mol. The van der Waals surface area contributed by atoms with Crippen LogP contribution >= 0.6 is 0 Å². The molecule has 17 heteroatoms. The van der Waals surface area contributed by atoms with Crippen LogP contribution in [0, 0.1) is 5.92 Å². The lowest BCUT2D eigenvalue weighted by molar-refractivity contribution is -0.145. The number of hydrogen-bond acceptors (Lipinski definition) is 9. The minimum absolute atomic E-state index is 0.0300. The molecular formula is C50H61N9O8. The number of carbonyl (C=O) groups is 7. The van der Waals surface area contributed by atoms with Crippen molar-refractivity contribution >= 4 is 52.4 Å². The Labute approximate surface area is 389 Å². The fourth-order valence-corrected chi connectivity index (χ4v) is 10.7. The number of nitrogens with two attached hydrogens (primary N) is 2. The molecular weight excluding hydrogens is 855 g/mol. The van der Waals surface area contributed by atoms with Crippen LogP contribution in [0.1, 0.15) is 118 Å². The molecule has 5 atom stereocenters. The fraction of sp³-hybridized carbons (Fsp3) is 0.480. The van der Waals surface area contributed by atoms with Crippen molar-refractivity contribution in [1.82, 2.24) is 34.9 Å². The van der Waals surface area contributed by atoms with Gasteiger partial charge in [-0.2, -0.15) is 0 Å². The Morgan fingerprint density at radius 1 is 0.791 bits per heavy atom. The van der Waals surface area contributed by atoms with Gasteiger partial charge in [0.15, 0.2) is 0 Å². The number of carbonyl (C=O) groups excluding carboxylic acids is 7. The van der Waals surface area contributed by atoms with Crippen LogP contribution in [0.25, 0.3) is 11.0 Å². The number of aryl methyl sites for hydroxylation is 1. The number of piperidine rings is 1. The summed E-state index contributed by atoms with van der Waals surface area (Å²) in [5.41, 5.74) is 15.9. The molecule has 4 aliphatic rings. The van der Waals surface area contributed by atoms with Crippen LogP contribution in [0.5, 0.6) is 0 Å². The van der Waals surface area contributed by atoms with Gasteiger partial charge in [0.25, 0.3) is 0 Å². The molecule has 1 aliphatic carbocycles. The molecule has 4 aromatic rings. The SMILES string of the molecule is Cn1c(=O)n(C2CCC(=O)NC2=O)c2ccc([C@H]3CC[C@H](CCC(=O)N4CC[C@H]5CC[C@@H](C(=O)N[C@@H](CCC(N)=O)C(=O)NC(c6ccccc6)c6ccccc6)N5C(=O)[C@@H](N)C4)CC3)cc21. The monoisotopic (exact) mass is 915 g/mol. The lowest BCUT2D eigenvalue weighted by Crippen LogP contribution is -2.60. The summed E-state index contributed by atoms with van der Waals surface area (Å²) >= 11 is 0. The Morgan fingerprint density at radius 2 is 1.48 bits per heavy atom. The minimum Gasteiger partial charge on any atom is -0.370 e. The standard InChI is InChI=1S/C50H61N9O8/c1-56-41-28-34(17-20-38(41)59(50(56)67)40-22-24-43(61)54-48(40)65)31-15-12-30(13-16-31)14-25-44(62)57-27-26-35-18-21-39(58(35)49(66)36(51)29-57)47(64)53-37(19-23-42(52)60)46(63)55-45(32-8-4-2-5-9-32)33-10-6-3-7-11-33/h2-11,17,20,28,30-31,35-37,39-40,45H,12-16,18-19,21-27,29,51H2,1H3,(H2,52,60)(H,53,64)(H,55,63)(H,54,61,65)/t30-,31-,35-,36+,37+,39+,40?/m1/s1. The predicted molar refractivity (Wildman–Crippen MR) is 249 cm³/mol. The second-order valence-electron chi connectivity index (χ2n) is 18.7. The van der Waals surface area contributed by atoms with E-state index >= 15 is 0 Å². The van der Waals surface area contributed by atoms with E-state index in [1.807, 2.05) is 78.9 Å². The van der Waals surface area contributed by atoms with E-state index in [4.69, 9.17) is 11.5 Å². The molecule has 3 aliphatic heterocycles. The van der Waals surface area contributed by atoms with Crippen LogP contribution in [-0.4, -0.2) is 97.5 Å². The molecule has 4 heterocycles. The van der Waals surface area contributed by atoms with E-state index in [1.165, 1.54) is 4.57 Å². The van der Waals surface area contributed by atoms with E-state index in [-0.39, 0.29) is 61.7 Å². The second-order valence-corrected chi connectivity index (χ2v) is 18.7. The molecule has 7 N–H and O–H groups in total. The van der Waals surface area contributed by atoms with Crippen LogP contribution in [0.2, 0.25) is 0 Å². The van der Waals surface area contributed by atoms with E-state index < -0.39 is 59.7 Å². The first-order valence-corrected chi connectivity index (χ1v) is 23.7. The number of primary amides is 1. The summed E-state index contributed by atoms with van der Waals surface area (Å²) in [6.45, 7) is 0.421. The van der Waals surface area contributed by atoms with Gasteiger partial charge in [0.2, 0.25) is 41.4 Å². The highest BCUT2D eigenvalue weighted by atomic mass is 16.2. The smallest absolute Gasteiger partial charge is 0.329 e. The van der Waals surface area contributed by atoms with Gasteiger partial charge in [-0.15, -0.1) is 0 Å². The first kappa shape index (κ1) is 46.9. The molecule has 8 rings (SSSR count). The summed E-state index contributed by atoms with van der Waals surface area (Å²) in [6.07, 6.45) is 6.44. The zero-order chi connectivity index (χ0) is 47.4. The number of fused-ring (bicyclic) bond motifs is 2. The lowest BCUT2D eigenvalue weighted by Gasteiger charge is -2.38. The highest BCUT2D eigenvalue weighted by Gasteiger charge is 2.45. The van der Waals surface area contributed by atoms with Gasteiger partial charge >= 0.3 is 5.69 Å². The summed E-state index contributed by atoms with van der Waals surface area (Å²) in [7, 11) is 1.70. The number of benzene rings is 3. The number of rotatable bonds is 14. The molecule has 354 valence electrons. The van der Waals surface area contributed by atoms with Crippen LogP contribution in [0.15, 0.2) is 83.7 Å². The maximum Gasteiger partial charge on any atom is 0.329 e. The molecule has 0 bridgehead atoms. The zero-order valence-electron chi connectivity index (χ0n) is 37.9. The van der Waals surface area contributed by atoms with Crippen LogP contribution < -0.4 is 33.1 Å². The van der Waals surface area contributed by atoms with Crippen molar-refractivity contribution in [2.75, 3.05) is 13.1 Å². The summed E-state index contributed by atoms with van der Waals surface area (Å²) in [5.74, 6) is -2.24. The molecule has 7 amide bonds. The fourth-order valence-electron chi connectivity index (χ4n) is 10.7. The number of nitrogens with one attached hydrogen (secondary N) is 3. The first-order chi connectivity index (χ1) is 32.3. The summed E-state index contributed by atoms with van der Waals surface area (Å²) < 4.78 is 3.06. The van der Waals surface area contributed by atoms with Crippen molar-refractivity contribution in [3.05, 3.63) is 106 Å². The van der Waals surface area contributed by atoms with E-state index in [1.54, 1.807) is 21.4 Å².